The van der Waals surface area contributed by atoms with Crippen LogP contribution in [-0.4, -0.2) is 37.9 Å². The Morgan fingerprint density at radius 2 is 1.48 bits per heavy atom. The highest BCUT2D eigenvalue weighted by molar-refractivity contribution is 5.82. The highest BCUT2D eigenvalue weighted by Crippen LogP contribution is 2.44. The average molecular weight is 394 g/mol. The Labute approximate surface area is 168 Å². The van der Waals surface area contributed by atoms with Crippen molar-refractivity contribution in [1.82, 2.24) is 10.6 Å². The Morgan fingerprint density at radius 1 is 0.862 bits per heavy atom. The molecule has 1 saturated carbocycles. The summed E-state index contributed by atoms with van der Waals surface area (Å²) in [5.41, 5.74) is 4.54. The predicted molar refractivity (Wildman–Crippen MR) is 105 cm³/mol. The second-order valence-electron chi connectivity index (χ2n) is 7.16. The molecular weight excluding hydrogens is 372 g/mol. The van der Waals surface area contributed by atoms with Crippen molar-refractivity contribution < 1.29 is 23.9 Å². The molecule has 0 spiro atoms. The second-order valence-corrected chi connectivity index (χ2v) is 7.16. The van der Waals surface area contributed by atoms with Crippen molar-refractivity contribution in [2.75, 3.05) is 19.9 Å². The molecule has 0 aromatic heterocycles. The van der Waals surface area contributed by atoms with E-state index in [4.69, 9.17) is 9.47 Å². The molecule has 0 atom stereocenters. The molecule has 2 aliphatic carbocycles. The lowest BCUT2D eigenvalue weighted by molar-refractivity contribution is -0.146. The zero-order chi connectivity index (χ0) is 20.2. The van der Waals surface area contributed by atoms with Gasteiger partial charge >= 0.3 is 12.1 Å². The Hall–Kier alpha value is -3.35. The zero-order valence-corrected chi connectivity index (χ0v) is 15.9. The van der Waals surface area contributed by atoms with E-state index in [9.17, 15) is 14.4 Å². The zero-order valence-electron chi connectivity index (χ0n) is 15.9. The van der Waals surface area contributed by atoms with Crippen LogP contribution < -0.4 is 10.6 Å². The summed E-state index contributed by atoms with van der Waals surface area (Å²) in [5.74, 6) is -0.813. The molecular formula is C22H22N2O5. The van der Waals surface area contributed by atoms with Crippen LogP contribution in [0.15, 0.2) is 48.5 Å². The minimum atomic E-state index is -0.669. The van der Waals surface area contributed by atoms with Gasteiger partial charge in [-0.15, -0.1) is 0 Å². The fourth-order valence-electron chi connectivity index (χ4n) is 3.49. The van der Waals surface area contributed by atoms with Gasteiger partial charge in [0.1, 0.15) is 13.2 Å². The van der Waals surface area contributed by atoms with Gasteiger partial charge in [0.25, 0.3) is 0 Å². The van der Waals surface area contributed by atoms with Crippen molar-refractivity contribution >= 4 is 18.0 Å². The van der Waals surface area contributed by atoms with Crippen LogP contribution in [0.2, 0.25) is 0 Å². The first kappa shape index (κ1) is 19.0. The minimum absolute atomic E-state index is 0.0224. The Kier molecular flexibility index (Phi) is 5.46. The van der Waals surface area contributed by atoms with E-state index < -0.39 is 12.0 Å². The lowest BCUT2D eigenvalue weighted by Gasteiger charge is -2.14. The van der Waals surface area contributed by atoms with Gasteiger partial charge in [0, 0.05) is 5.92 Å². The number of fused-ring (bicyclic) bond motifs is 3. The van der Waals surface area contributed by atoms with Crippen molar-refractivity contribution in [3.05, 3.63) is 59.7 Å². The normalized spacial score (nSPS) is 14.5. The van der Waals surface area contributed by atoms with Crippen LogP contribution in [0.25, 0.3) is 11.1 Å². The van der Waals surface area contributed by atoms with Crippen LogP contribution in [0.1, 0.15) is 29.9 Å². The molecule has 0 bridgehead atoms. The van der Waals surface area contributed by atoms with Gasteiger partial charge in [-0.25, -0.2) is 4.79 Å². The summed E-state index contributed by atoms with van der Waals surface area (Å²) in [4.78, 5) is 35.1. The summed E-state index contributed by atoms with van der Waals surface area (Å²) < 4.78 is 10.3. The third-order valence-corrected chi connectivity index (χ3v) is 5.13. The number of nitrogens with one attached hydrogen (secondary N) is 2. The molecule has 2 aromatic carbocycles. The molecule has 2 amide bonds. The SMILES string of the molecule is O=C(CNC(=O)OCC1c2ccccc2-c2ccccc21)NCOC(=O)C1CC1. The van der Waals surface area contributed by atoms with Gasteiger partial charge in [0.05, 0.1) is 5.92 Å². The summed E-state index contributed by atoms with van der Waals surface area (Å²) in [6.45, 7) is -0.265. The monoisotopic (exact) mass is 394 g/mol. The molecule has 0 heterocycles. The van der Waals surface area contributed by atoms with Gasteiger partial charge in [0.15, 0.2) is 6.73 Å². The maximum atomic E-state index is 12.0. The van der Waals surface area contributed by atoms with Gasteiger partial charge < -0.3 is 20.1 Å². The van der Waals surface area contributed by atoms with E-state index in [0.717, 1.165) is 35.1 Å². The molecule has 0 saturated heterocycles. The van der Waals surface area contributed by atoms with E-state index in [1.165, 1.54) is 0 Å². The molecule has 150 valence electrons. The molecule has 2 aliphatic rings. The van der Waals surface area contributed by atoms with E-state index in [1.807, 2.05) is 36.4 Å². The number of rotatable bonds is 7. The van der Waals surface area contributed by atoms with Crippen LogP contribution in [0.4, 0.5) is 4.79 Å². The maximum absolute atomic E-state index is 12.0. The summed E-state index contributed by atoms with van der Waals surface area (Å²) >= 11 is 0. The minimum Gasteiger partial charge on any atom is -0.449 e. The Morgan fingerprint density at radius 3 is 2.10 bits per heavy atom. The first-order chi connectivity index (χ1) is 14.1. The molecule has 7 nitrogen and oxygen atoms in total. The topological polar surface area (TPSA) is 93.7 Å². The van der Waals surface area contributed by atoms with E-state index in [-0.39, 0.29) is 37.7 Å². The smallest absolute Gasteiger partial charge is 0.407 e. The van der Waals surface area contributed by atoms with Crippen LogP contribution in [0.3, 0.4) is 0 Å². The van der Waals surface area contributed by atoms with Gasteiger partial charge in [-0.1, -0.05) is 48.5 Å². The molecule has 7 heteroatoms. The van der Waals surface area contributed by atoms with Crippen LogP contribution >= 0.6 is 0 Å². The predicted octanol–water partition coefficient (Wildman–Crippen LogP) is 2.55. The number of ether oxygens (including phenoxy) is 2. The van der Waals surface area contributed by atoms with Gasteiger partial charge in [-0.2, -0.15) is 0 Å². The molecule has 4 rings (SSSR count). The summed E-state index contributed by atoms with van der Waals surface area (Å²) in [7, 11) is 0. The van der Waals surface area contributed by atoms with E-state index >= 15 is 0 Å². The highest BCUT2D eigenvalue weighted by atomic mass is 16.6. The summed E-state index contributed by atoms with van der Waals surface area (Å²) in [6, 6.07) is 16.1. The number of amides is 2. The van der Waals surface area contributed by atoms with Crippen molar-refractivity contribution in [3.8, 4) is 11.1 Å². The van der Waals surface area contributed by atoms with Crippen molar-refractivity contribution in [3.63, 3.8) is 0 Å². The van der Waals surface area contributed by atoms with Crippen molar-refractivity contribution in [2.24, 2.45) is 5.92 Å². The molecule has 2 aromatic rings. The first-order valence-electron chi connectivity index (χ1n) is 9.65. The molecule has 29 heavy (non-hydrogen) atoms. The number of hydrogen-bond acceptors (Lipinski definition) is 5. The Balaban J connectivity index is 1.23. The standard InChI is InChI=1S/C22H22N2O5/c25-20(24-13-29-21(26)14-9-10-14)11-23-22(27)28-12-19-17-7-3-1-5-15(17)16-6-2-4-8-18(16)19/h1-8,14,19H,9-13H2,(H,23,27)(H,24,25). The number of esters is 1. The fourth-order valence-corrected chi connectivity index (χ4v) is 3.49. The van der Waals surface area contributed by atoms with E-state index in [0.29, 0.717) is 0 Å². The average Bonchev–Trinajstić information content (AvgIpc) is 3.54. The van der Waals surface area contributed by atoms with Gasteiger partial charge in [-0.05, 0) is 35.1 Å². The van der Waals surface area contributed by atoms with Crippen LogP contribution in [-0.2, 0) is 19.1 Å². The largest absolute Gasteiger partial charge is 0.449 e. The van der Waals surface area contributed by atoms with Crippen molar-refractivity contribution in [1.29, 1.82) is 0 Å². The first-order valence-corrected chi connectivity index (χ1v) is 9.65. The molecule has 0 aliphatic heterocycles. The van der Waals surface area contributed by atoms with E-state index in [1.54, 1.807) is 0 Å². The number of benzene rings is 2. The molecule has 0 radical (unpaired) electrons. The number of carbonyl (C=O) groups is 3. The third kappa shape index (κ3) is 4.39. The number of carbonyl (C=O) groups excluding carboxylic acids is 3. The third-order valence-electron chi connectivity index (χ3n) is 5.13. The van der Waals surface area contributed by atoms with Crippen LogP contribution in [0.5, 0.6) is 0 Å². The summed E-state index contributed by atoms with van der Waals surface area (Å²) in [5, 5.41) is 4.84. The quantitative estimate of drug-likeness (QED) is 0.556. The number of hydrogen-bond donors (Lipinski definition) is 2. The number of alkyl carbamates (subject to hydrolysis) is 1. The Bertz CT molecular complexity index is 893. The van der Waals surface area contributed by atoms with Gasteiger partial charge in [0.2, 0.25) is 5.91 Å². The fraction of sp³-hybridized carbons (Fsp3) is 0.318. The molecule has 2 N–H and O–H groups in total. The molecule has 0 unspecified atom stereocenters. The van der Waals surface area contributed by atoms with E-state index in [2.05, 4.69) is 22.8 Å². The lowest BCUT2D eigenvalue weighted by Crippen LogP contribution is -2.38. The van der Waals surface area contributed by atoms with Crippen molar-refractivity contribution in [2.45, 2.75) is 18.8 Å². The maximum Gasteiger partial charge on any atom is 0.407 e. The second kappa shape index (κ2) is 8.34. The molecule has 1 fully saturated rings. The van der Waals surface area contributed by atoms with Crippen LogP contribution in [0, 0.1) is 5.92 Å². The summed E-state index contributed by atoms with van der Waals surface area (Å²) in [6.07, 6.45) is 1.02. The highest BCUT2D eigenvalue weighted by Gasteiger charge is 2.31. The van der Waals surface area contributed by atoms with Gasteiger partial charge in [-0.3, -0.25) is 9.59 Å². The lowest BCUT2D eigenvalue weighted by atomic mass is 9.98.